The molecule has 2 N–H and O–H groups in total. The van der Waals surface area contributed by atoms with Crippen LogP contribution in [0.3, 0.4) is 0 Å². The maximum Gasteiger partial charge on any atom is 0.257 e. The highest BCUT2D eigenvalue weighted by molar-refractivity contribution is 5.98. The Bertz CT molecular complexity index is 412. The maximum atomic E-state index is 12.3. The summed E-state index contributed by atoms with van der Waals surface area (Å²) in [7, 11) is 1.57. The van der Waals surface area contributed by atoms with Crippen LogP contribution in [0.2, 0.25) is 0 Å². The third-order valence-electron chi connectivity index (χ3n) is 2.78. The fraction of sp³-hybridized carbons (Fsp3) is 0.462. The molecule has 0 aliphatic rings. The Hall–Kier alpha value is -1.71. The number of anilines is 1. The van der Waals surface area contributed by atoms with Gasteiger partial charge in [-0.2, -0.15) is 0 Å². The van der Waals surface area contributed by atoms with Crippen LogP contribution in [0.5, 0.6) is 5.75 Å². The van der Waals surface area contributed by atoms with Crippen molar-refractivity contribution in [1.29, 1.82) is 0 Å². The van der Waals surface area contributed by atoms with Gasteiger partial charge in [0.2, 0.25) is 0 Å². The van der Waals surface area contributed by atoms with Gasteiger partial charge in [0.25, 0.3) is 5.91 Å². The SMILES string of the molecule is CCN(CC)C(=O)c1cc(N)cc(C)c1OC. The van der Waals surface area contributed by atoms with E-state index >= 15 is 0 Å². The molecule has 0 bridgehead atoms. The Balaban J connectivity index is 3.24. The van der Waals surface area contributed by atoms with Gasteiger partial charge in [0.05, 0.1) is 12.7 Å². The van der Waals surface area contributed by atoms with Crippen molar-refractivity contribution in [2.45, 2.75) is 20.8 Å². The van der Waals surface area contributed by atoms with Crippen LogP contribution in [0.4, 0.5) is 5.69 Å². The Morgan fingerprint density at radius 2 is 1.94 bits per heavy atom. The molecule has 0 unspecified atom stereocenters. The van der Waals surface area contributed by atoms with Gasteiger partial charge in [0, 0.05) is 18.8 Å². The van der Waals surface area contributed by atoms with E-state index in [9.17, 15) is 4.79 Å². The van der Waals surface area contributed by atoms with Crippen molar-refractivity contribution in [1.82, 2.24) is 4.90 Å². The number of hydrogen-bond donors (Lipinski definition) is 1. The Morgan fingerprint density at radius 1 is 1.35 bits per heavy atom. The number of nitrogen functional groups attached to an aromatic ring is 1. The Morgan fingerprint density at radius 3 is 2.41 bits per heavy atom. The number of carbonyl (C=O) groups is 1. The number of hydrogen-bond acceptors (Lipinski definition) is 3. The third-order valence-corrected chi connectivity index (χ3v) is 2.78. The summed E-state index contributed by atoms with van der Waals surface area (Å²) in [6.07, 6.45) is 0. The van der Waals surface area contributed by atoms with Crippen molar-refractivity contribution in [3.63, 3.8) is 0 Å². The topological polar surface area (TPSA) is 55.6 Å². The zero-order chi connectivity index (χ0) is 13.0. The molecule has 1 amide bonds. The van der Waals surface area contributed by atoms with Crippen molar-refractivity contribution in [3.05, 3.63) is 23.3 Å². The van der Waals surface area contributed by atoms with Crippen molar-refractivity contribution < 1.29 is 9.53 Å². The van der Waals surface area contributed by atoms with Crippen molar-refractivity contribution >= 4 is 11.6 Å². The number of ether oxygens (including phenoxy) is 1. The summed E-state index contributed by atoms with van der Waals surface area (Å²) in [6, 6.07) is 3.48. The third kappa shape index (κ3) is 2.70. The molecule has 0 fully saturated rings. The van der Waals surface area contributed by atoms with E-state index in [2.05, 4.69) is 0 Å². The molecule has 0 saturated heterocycles. The highest BCUT2D eigenvalue weighted by Gasteiger charge is 2.19. The first-order valence-electron chi connectivity index (χ1n) is 5.78. The van der Waals surface area contributed by atoms with Crippen LogP contribution in [0.15, 0.2) is 12.1 Å². The monoisotopic (exact) mass is 236 g/mol. The Labute approximate surface area is 102 Å². The number of methoxy groups -OCH3 is 1. The molecule has 0 radical (unpaired) electrons. The van der Waals surface area contributed by atoms with E-state index in [4.69, 9.17) is 10.5 Å². The minimum absolute atomic E-state index is 0.0396. The van der Waals surface area contributed by atoms with Crippen molar-refractivity contribution in [3.8, 4) is 5.75 Å². The average molecular weight is 236 g/mol. The van der Waals surface area contributed by atoms with E-state index in [1.165, 1.54) is 0 Å². The molecule has 0 aliphatic heterocycles. The van der Waals surface area contributed by atoms with E-state index in [-0.39, 0.29) is 5.91 Å². The summed E-state index contributed by atoms with van der Waals surface area (Å²) in [5.41, 5.74) is 7.77. The molecule has 0 aromatic heterocycles. The fourth-order valence-electron chi connectivity index (χ4n) is 1.91. The average Bonchev–Trinajstić information content (AvgIpc) is 2.29. The van der Waals surface area contributed by atoms with Gasteiger partial charge in [-0.3, -0.25) is 4.79 Å². The van der Waals surface area contributed by atoms with Crippen LogP contribution in [-0.4, -0.2) is 31.0 Å². The van der Waals surface area contributed by atoms with Crippen molar-refractivity contribution in [2.24, 2.45) is 0 Å². The number of nitrogens with zero attached hydrogens (tertiary/aromatic N) is 1. The van der Waals surface area contributed by atoms with E-state index < -0.39 is 0 Å². The summed E-state index contributed by atoms with van der Waals surface area (Å²) in [4.78, 5) is 14.0. The zero-order valence-corrected chi connectivity index (χ0v) is 10.9. The fourth-order valence-corrected chi connectivity index (χ4v) is 1.91. The van der Waals surface area contributed by atoms with Crippen LogP contribution in [0, 0.1) is 6.92 Å². The summed E-state index contributed by atoms with van der Waals surface area (Å²) in [5, 5.41) is 0. The predicted molar refractivity (Wildman–Crippen MR) is 69.4 cm³/mol. The highest BCUT2D eigenvalue weighted by atomic mass is 16.5. The molecule has 4 nitrogen and oxygen atoms in total. The molecule has 17 heavy (non-hydrogen) atoms. The smallest absolute Gasteiger partial charge is 0.257 e. The van der Waals surface area contributed by atoms with Crippen LogP contribution in [0.25, 0.3) is 0 Å². The number of carbonyl (C=O) groups excluding carboxylic acids is 1. The number of amides is 1. The molecule has 0 heterocycles. The lowest BCUT2D eigenvalue weighted by Gasteiger charge is -2.21. The van der Waals surface area contributed by atoms with E-state index in [1.807, 2.05) is 20.8 Å². The lowest BCUT2D eigenvalue weighted by atomic mass is 10.1. The molecule has 4 heteroatoms. The van der Waals surface area contributed by atoms with Gasteiger partial charge in [-0.05, 0) is 38.5 Å². The second kappa shape index (κ2) is 5.57. The summed E-state index contributed by atoms with van der Waals surface area (Å²) >= 11 is 0. The minimum Gasteiger partial charge on any atom is -0.496 e. The number of rotatable bonds is 4. The van der Waals surface area contributed by atoms with Gasteiger partial charge in [-0.25, -0.2) is 0 Å². The first-order chi connectivity index (χ1) is 8.04. The maximum absolute atomic E-state index is 12.3. The molecule has 0 aliphatic carbocycles. The first-order valence-corrected chi connectivity index (χ1v) is 5.78. The first kappa shape index (κ1) is 13.4. The highest BCUT2D eigenvalue weighted by Crippen LogP contribution is 2.27. The summed E-state index contributed by atoms with van der Waals surface area (Å²) in [6.45, 7) is 7.13. The number of nitrogens with two attached hydrogens (primary N) is 1. The van der Waals surface area contributed by atoms with Gasteiger partial charge >= 0.3 is 0 Å². The Kier molecular flexibility index (Phi) is 4.37. The number of benzene rings is 1. The van der Waals surface area contributed by atoms with Crippen LogP contribution in [0.1, 0.15) is 29.8 Å². The lowest BCUT2D eigenvalue weighted by Crippen LogP contribution is -2.31. The second-order valence-corrected chi connectivity index (χ2v) is 3.90. The van der Waals surface area contributed by atoms with Crippen LogP contribution >= 0.6 is 0 Å². The van der Waals surface area contributed by atoms with Gasteiger partial charge < -0.3 is 15.4 Å². The van der Waals surface area contributed by atoms with Gasteiger partial charge in [-0.15, -0.1) is 0 Å². The molecule has 0 atom stereocenters. The van der Waals surface area contributed by atoms with Gasteiger partial charge in [0.15, 0.2) is 0 Å². The molecule has 0 saturated carbocycles. The molecular weight excluding hydrogens is 216 g/mol. The molecule has 0 spiro atoms. The summed E-state index contributed by atoms with van der Waals surface area (Å²) in [5.74, 6) is 0.568. The zero-order valence-electron chi connectivity index (χ0n) is 10.9. The summed E-state index contributed by atoms with van der Waals surface area (Å²) < 4.78 is 5.29. The van der Waals surface area contributed by atoms with Gasteiger partial charge in [0.1, 0.15) is 5.75 Å². The molecule has 1 aromatic rings. The predicted octanol–water partition coefficient (Wildman–Crippen LogP) is 2.07. The van der Waals surface area contributed by atoms with E-state index in [1.54, 1.807) is 24.1 Å². The molecular formula is C13H20N2O2. The van der Waals surface area contributed by atoms with E-state index in [0.29, 0.717) is 30.1 Å². The quantitative estimate of drug-likeness (QED) is 0.814. The largest absolute Gasteiger partial charge is 0.496 e. The van der Waals surface area contributed by atoms with Crippen LogP contribution < -0.4 is 10.5 Å². The van der Waals surface area contributed by atoms with Crippen molar-refractivity contribution in [2.75, 3.05) is 25.9 Å². The molecule has 1 aromatic carbocycles. The standard InChI is InChI=1S/C13H20N2O2/c1-5-15(6-2)13(16)11-8-10(14)7-9(3)12(11)17-4/h7-8H,5-6,14H2,1-4H3. The normalized spacial score (nSPS) is 10.1. The minimum atomic E-state index is -0.0396. The van der Waals surface area contributed by atoms with Crippen LogP contribution in [-0.2, 0) is 0 Å². The van der Waals surface area contributed by atoms with Gasteiger partial charge in [-0.1, -0.05) is 0 Å². The molecule has 94 valence electrons. The second-order valence-electron chi connectivity index (χ2n) is 3.90. The van der Waals surface area contributed by atoms with E-state index in [0.717, 1.165) is 5.56 Å². The molecule has 1 rings (SSSR count). The number of aryl methyl sites for hydroxylation is 1. The lowest BCUT2D eigenvalue weighted by molar-refractivity contribution is 0.0769.